The van der Waals surface area contributed by atoms with Gasteiger partial charge in [0.05, 0.1) is 0 Å². The minimum Gasteiger partial charge on any atom is -0.369 e. The minimum atomic E-state index is -0.561. The predicted molar refractivity (Wildman–Crippen MR) is 104 cm³/mol. The molecule has 0 amide bonds. The lowest BCUT2D eigenvalue weighted by molar-refractivity contribution is 0.626. The minimum absolute atomic E-state index is 0.00873. The van der Waals surface area contributed by atoms with E-state index < -0.39 is 11.2 Å². The van der Waals surface area contributed by atoms with Gasteiger partial charge in [-0.25, -0.2) is 4.79 Å². The number of aromatic nitrogens is 2. The van der Waals surface area contributed by atoms with Crippen LogP contribution in [0.2, 0.25) is 0 Å². The van der Waals surface area contributed by atoms with Crippen LogP contribution in [0.3, 0.4) is 0 Å². The van der Waals surface area contributed by atoms with E-state index in [0.717, 1.165) is 30.3 Å². The van der Waals surface area contributed by atoms with E-state index in [4.69, 9.17) is 0 Å². The number of nitrogens with zero attached hydrogens (tertiary/aromatic N) is 3. The summed E-state index contributed by atoms with van der Waals surface area (Å²) in [6.07, 6.45) is 4.42. The van der Waals surface area contributed by atoms with Gasteiger partial charge in [-0.05, 0) is 25.0 Å². The van der Waals surface area contributed by atoms with Gasteiger partial charge in [0.2, 0.25) is 0 Å². The highest BCUT2D eigenvalue weighted by Crippen LogP contribution is 2.45. The molecular weight excluding hydrogens is 348 g/mol. The molecule has 1 aromatic carbocycles. The first-order valence-electron chi connectivity index (χ1n) is 8.65. The molecule has 1 aliphatic rings. The van der Waals surface area contributed by atoms with Gasteiger partial charge in [-0.3, -0.25) is 13.9 Å². The summed E-state index contributed by atoms with van der Waals surface area (Å²) >= 11 is 1.83. The molecule has 136 valence electrons. The molecule has 6 nitrogen and oxygen atoms in total. The van der Waals surface area contributed by atoms with E-state index >= 15 is 0 Å². The lowest BCUT2D eigenvalue weighted by atomic mass is 10.1. The van der Waals surface area contributed by atoms with E-state index in [9.17, 15) is 14.9 Å². The lowest BCUT2D eigenvalue weighted by Gasteiger charge is -2.29. The van der Waals surface area contributed by atoms with Crippen LogP contribution in [0.25, 0.3) is 0 Å². The van der Waals surface area contributed by atoms with Gasteiger partial charge >= 0.3 is 5.69 Å². The molecule has 0 radical (unpaired) electrons. The Labute approximate surface area is 156 Å². The van der Waals surface area contributed by atoms with E-state index in [-0.39, 0.29) is 10.3 Å². The third-order valence-electron chi connectivity index (χ3n) is 4.95. The quantitative estimate of drug-likeness (QED) is 0.875. The summed E-state index contributed by atoms with van der Waals surface area (Å²) in [5.74, 6) is 0.306. The van der Waals surface area contributed by atoms with Crippen LogP contribution in [0.1, 0.15) is 31.2 Å². The Morgan fingerprint density at radius 3 is 2.42 bits per heavy atom. The van der Waals surface area contributed by atoms with Crippen molar-refractivity contribution in [2.75, 3.05) is 11.9 Å². The highest BCUT2D eigenvalue weighted by molar-refractivity contribution is 8.00. The van der Waals surface area contributed by atoms with Crippen molar-refractivity contribution in [1.29, 1.82) is 5.26 Å². The first kappa shape index (κ1) is 18.3. The fraction of sp³-hybridized carbons (Fsp3) is 0.421. The molecule has 1 heterocycles. The molecule has 1 aliphatic carbocycles. The summed E-state index contributed by atoms with van der Waals surface area (Å²) in [6.45, 7) is 0.599. The molecule has 3 rings (SSSR count). The van der Waals surface area contributed by atoms with Crippen LogP contribution in [0.5, 0.6) is 0 Å². The van der Waals surface area contributed by atoms with Crippen molar-refractivity contribution in [3.8, 4) is 6.07 Å². The molecular formula is C19H22N4O2S. The number of benzene rings is 1. The zero-order valence-corrected chi connectivity index (χ0v) is 15.8. The molecule has 0 aliphatic heterocycles. The normalized spacial score (nSPS) is 15.6. The monoisotopic (exact) mass is 370 g/mol. The van der Waals surface area contributed by atoms with E-state index in [0.29, 0.717) is 12.4 Å². The molecule has 0 bridgehead atoms. The van der Waals surface area contributed by atoms with Gasteiger partial charge in [0.15, 0.2) is 5.56 Å². The molecule has 2 aromatic rings. The fourth-order valence-electron chi connectivity index (χ4n) is 3.47. The molecule has 26 heavy (non-hydrogen) atoms. The van der Waals surface area contributed by atoms with E-state index in [1.165, 1.54) is 16.5 Å². The van der Waals surface area contributed by atoms with Gasteiger partial charge in [0.1, 0.15) is 11.9 Å². The highest BCUT2D eigenvalue weighted by atomic mass is 32.2. The maximum atomic E-state index is 12.2. The van der Waals surface area contributed by atoms with Crippen molar-refractivity contribution in [2.24, 2.45) is 14.1 Å². The second-order valence-electron chi connectivity index (χ2n) is 6.70. The summed E-state index contributed by atoms with van der Waals surface area (Å²) < 4.78 is 2.30. The van der Waals surface area contributed by atoms with Crippen LogP contribution in [0.15, 0.2) is 44.8 Å². The maximum Gasteiger partial charge on any atom is 0.332 e. The largest absolute Gasteiger partial charge is 0.369 e. The molecule has 7 heteroatoms. The zero-order valence-electron chi connectivity index (χ0n) is 15.0. The zero-order chi connectivity index (χ0) is 18.7. The molecule has 1 saturated carbocycles. The Morgan fingerprint density at radius 1 is 1.15 bits per heavy atom. The van der Waals surface area contributed by atoms with Crippen LogP contribution in [0, 0.1) is 11.3 Å². The Kier molecular flexibility index (Phi) is 5.23. The topological polar surface area (TPSA) is 79.8 Å². The maximum absolute atomic E-state index is 12.2. The number of hydrogen-bond donors (Lipinski definition) is 1. The Bertz CT molecular complexity index is 950. The molecule has 0 saturated heterocycles. The van der Waals surface area contributed by atoms with Crippen LogP contribution in [-0.2, 0) is 14.1 Å². The number of thioether (sulfide) groups is 1. The first-order chi connectivity index (χ1) is 12.5. The van der Waals surface area contributed by atoms with Gasteiger partial charge in [0.25, 0.3) is 5.56 Å². The van der Waals surface area contributed by atoms with E-state index in [1.54, 1.807) is 7.05 Å². The summed E-state index contributed by atoms with van der Waals surface area (Å²) in [5.41, 5.74) is -1.02. The molecule has 1 aromatic heterocycles. The Balaban J connectivity index is 1.91. The van der Waals surface area contributed by atoms with Crippen LogP contribution in [0.4, 0.5) is 5.82 Å². The summed E-state index contributed by atoms with van der Waals surface area (Å²) in [6, 6.07) is 12.2. The molecule has 0 spiro atoms. The second-order valence-corrected chi connectivity index (χ2v) is 8.24. The van der Waals surface area contributed by atoms with Crippen molar-refractivity contribution in [3.63, 3.8) is 0 Å². The van der Waals surface area contributed by atoms with E-state index in [1.807, 2.05) is 36.0 Å². The van der Waals surface area contributed by atoms with Gasteiger partial charge < -0.3 is 5.32 Å². The summed E-state index contributed by atoms with van der Waals surface area (Å²) in [7, 11) is 2.97. The smallest absolute Gasteiger partial charge is 0.332 e. The van der Waals surface area contributed by atoms with Crippen molar-refractivity contribution >= 4 is 17.6 Å². The van der Waals surface area contributed by atoms with Crippen LogP contribution >= 0.6 is 11.8 Å². The van der Waals surface area contributed by atoms with Gasteiger partial charge in [-0.15, -0.1) is 11.8 Å². The molecule has 0 atom stereocenters. The number of rotatable bonds is 5. The average molecular weight is 370 g/mol. The standard InChI is InChI=1S/C19H22N4O2S/c1-22-16(15(12-20)17(24)23(2)18(22)25)21-13-19(10-6-7-11-19)26-14-8-4-3-5-9-14/h3-5,8-9,21H,6-7,10-11,13H2,1-2H3. The highest BCUT2D eigenvalue weighted by Gasteiger charge is 2.35. The second kappa shape index (κ2) is 7.42. The number of nitriles is 1. The van der Waals surface area contributed by atoms with Crippen molar-refractivity contribution in [2.45, 2.75) is 35.3 Å². The number of hydrogen-bond acceptors (Lipinski definition) is 5. The van der Waals surface area contributed by atoms with Crippen LogP contribution < -0.4 is 16.6 Å². The molecule has 0 unspecified atom stereocenters. The molecule has 1 N–H and O–H groups in total. The van der Waals surface area contributed by atoms with Gasteiger partial charge in [-0.2, -0.15) is 5.26 Å². The third-order valence-corrected chi connectivity index (χ3v) is 6.44. The van der Waals surface area contributed by atoms with Crippen LogP contribution in [-0.4, -0.2) is 20.4 Å². The molecule has 1 fully saturated rings. The number of anilines is 1. The fourth-order valence-corrected chi connectivity index (χ4v) is 4.90. The first-order valence-corrected chi connectivity index (χ1v) is 9.47. The van der Waals surface area contributed by atoms with E-state index in [2.05, 4.69) is 17.4 Å². The number of nitrogens with one attached hydrogen (secondary N) is 1. The van der Waals surface area contributed by atoms with Crippen molar-refractivity contribution < 1.29 is 0 Å². The Hall–Kier alpha value is -2.46. The third kappa shape index (κ3) is 3.42. The van der Waals surface area contributed by atoms with Gasteiger partial charge in [-0.1, -0.05) is 31.0 Å². The SMILES string of the molecule is Cn1c(NCC2(Sc3ccccc3)CCCC2)c(C#N)c(=O)n(C)c1=O. The predicted octanol–water partition coefficient (Wildman–Crippen LogP) is 2.47. The van der Waals surface area contributed by atoms with Crippen molar-refractivity contribution in [1.82, 2.24) is 9.13 Å². The lowest BCUT2D eigenvalue weighted by Crippen LogP contribution is -2.41. The summed E-state index contributed by atoms with van der Waals surface area (Å²) in [4.78, 5) is 25.7. The summed E-state index contributed by atoms with van der Waals surface area (Å²) in [5, 5.41) is 12.7. The average Bonchev–Trinajstić information content (AvgIpc) is 3.11. The Morgan fingerprint density at radius 2 is 1.81 bits per heavy atom. The van der Waals surface area contributed by atoms with Gasteiger partial charge in [0, 0.05) is 30.3 Å². The van der Waals surface area contributed by atoms with Crippen molar-refractivity contribution in [3.05, 3.63) is 56.7 Å².